The van der Waals surface area contributed by atoms with Crippen molar-refractivity contribution >= 4 is 29.3 Å². The first-order chi connectivity index (χ1) is 17.6. The number of carbonyl (C=O) groups is 1. The fraction of sp³-hybridized carbons (Fsp3) is 0.0667. The Morgan fingerprint density at radius 1 is 0.833 bits per heavy atom. The number of carbonyl (C=O) groups excluding carboxylic acids is 1. The summed E-state index contributed by atoms with van der Waals surface area (Å²) in [5.41, 5.74) is 3.06. The van der Waals surface area contributed by atoms with Crippen molar-refractivity contribution in [2.24, 2.45) is 0 Å². The maximum Gasteiger partial charge on any atom is 0.266 e. The van der Waals surface area contributed by atoms with Crippen molar-refractivity contribution in [3.05, 3.63) is 130 Å². The summed E-state index contributed by atoms with van der Waals surface area (Å²) in [6.45, 7) is 0.790. The minimum Gasteiger partial charge on any atom is -0.489 e. The lowest BCUT2D eigenvalue weighted by Gasteiger charge is -2.11. The van der Waals surface area contributed by atoms with Crippen molar-refractivity contribution in [1.29, 1.82) is 5.26 Å². The maximum absolute atomic E-state index is 12.8. The Balaban J connectivity index is 1.43. The molecule has 0 radical (unpaired) electrons. The third-order valence-corrected chi connectivity index (χ3v) is 5.47. The molecular weight excluding hydrogens is 472 g/mol. The molecule has 0 aliphatic carbocycles. The SMILES string of the molecule is N#C/C(=C\c1cc(Cl)ccc1OCc1ccccc1)C(=O)Nc1ccc(OCc2ccccc2)cc1. The summed E-state index contributed by atoms with van der Waals surface area (Å²) in [4.78, 5) is 12.8. The Bertz CT molecular complexity index is 1380. The van der Waals surface area contributed by atoms with Gasteiger partial charge in [0.05, 0.1) is 0 Å². The van der Waals surface area contributed by atoms with E-state index in [-0.39, 0.29) is 5.57 Å². The van der Waals surface area contributed by atoms with Gasteiger partial charge in [-0.2, -0.15) is 5.26 Å². The topological polar surface area (TPSA) is 71.3 Å². The van der Waals surface area contributed by atoms with Crippen LogP contribution >= 0.6 is 11.6 Å². The molecule has 4 rings (SSSR count). The van der Waals surface area contributed by atoms with Gasteiger partial charge in [-0.15, -0.1) is 0 Å². The van der Waals surface area contributed by atoms with Gasteiger partial charge in [0.1, 0.15) is 36.4 Å². The highest BCUT2D eigenvalue weighted by Crippen LogP contribution is 2.27. The van der Waals surface area contributed by atoms with Crippen LogP contribution in [-0.4, -0.2) is 5.91 Å². The number of benzene rings is 4. The lowest BCUT2D eigenvalue weighted by molar-refractivity contribution is -0.112. The van der Waals surface area contributed by atoms with Gasteiger partial charge in [-0.25, -0.2) is 0 Å². The number of halogens is 1. The molecule has 0 aliphatic heterocycles. The van der Waals surface area contributed by atoms with Crippen molar-refractivity contribution in [2.75, 3.05) is 5.32 Å². The normalized spacial score (nSPS) is 10.8. The van der Waals surface area contributed by atoms with E-state index in [0.717, 1.165) is 11.1 Å². The number of amides is 1. The second-order valence-corrected chi connectivity index (χ2v) is 8.32. The molecule has 0 heterocycles. The van der Waals surface area contributed by atoms with Gasteiger partial charge in [-0.3, -0.25) is 4.79 Å². The third kappa shape index (κ3) is 6.99. The average molecular weight is 495 g/mol. The largest absolute Gasteiger partial charge is 0.489 e. The standard InChI is InChI=1S/C30H23ClN2O3/c31-26-11-16-29(36-21-23-9-5-2-6-10-23)24(18-26)17-25(19-32)30(34)33-27-12-14-28(15-13-27)35-20-22-7-3-1-4-8-22/h1-18H,20-21H2,(H,33,34)/b25-17+. The summed E-state index contributed by atoms with van der Waals surface area (Å²) >= 11 is 6.17. The molecule has 0 fully saturated rings. The van der Waals surface area contributed by atoms with Gasteiger partial charge in [-0.05, 0) is 59.7 Å². The van der Waals surface area contributed by atoms with Crippen molar-refractivity contribution in [1.82, 2.24) is 0 Å². The summed E-state index contributed by atoms with van der Waals surface area (Å²) in [7, 11) is 0. The van der Waals surface area contributed by atoms with E-state index in [1.807, 2.05) is 66.7 Å². The first-order valence-corrected chi connectivity index (χ1v) is 11.6. The van der Waals surface area contributed by atoms with E-state index in [4.69, 9.17) is 21.1 Å². The zero-order chi connectivity index (χ0) is 25.2. The second kappa shape index (κ2) is 12.3. The lowest BCUT2D eigenvalue weighted by atomic mass is 10.1. The average Bonchev–Trinajstić information content (AvgIpc) is 2.92. The van der Waals surface area contributed by atoms with Gasteiger partial charge in [0.15, 0.2) is 0 Å². The van der Waals surface area contributed by atoms with Crippen molar-refractivity contribution in [3.8, 4) is 17.6 Å². The van der Waals surface area contributed by atoms with Crippen LogP contribution < -0.4 is 14.8 Å². The molecule has 0 bridgehead atoms. The molecule has 6 heteroatoms. The van der Waals surface area contributed by atoms with Gasteiger partial charge in [0.2, 0.25) is 0 Å². The monoisotopic (exact) mass is 494 g/mol. The highest BCUT2D eigenvalue weighted by Gasteiger charge is 2.12. The van der Waals surface area contributed by atoms with Gasteiger partial charge >= 0.3 is 0 Å². The molecule has 4 aromatic rings. The number of nitrogens with zero attached hydrogens (tertiary/aromatic N) is 1. The fourth-order valence-electron chi connectivity index (χ4n) is 3.38. The van der Waals surface area contributed by atoms with Crippen LogP contribution in [0.3, 0.4) is 0 Å². The van der Waals surface area contributed by atoms with Crippen LogP contribution in [0.2, 0.25) is 5.02 Å². The molecule has 0 unspecified atom stereocenters. The van der Waals surface area contributed by atoms with Crippen molar-refractivity contribution in [2.45, 2.75) is 13.2 Å². The molecule has 0 saturated carbocycles. The van der Waals surface area contributed by atoms with Crippen LogP contribution in [0.4, 0.5) is 5.69 Å². The highest BCUT2D eigenvalue weighted by atomic mass is 35.5. The van der Waals surface area contributed by atoms with Gasteiger partial charge in [0.25, 0.3) is 5.91 Å². The molecule has 5 nitrogen and oxygen atoms in total. The Kier molecular flexibility index (Phi) is 8.37. The molecule has 1 amide bonds. The Hall–Kier alpha value is -4.53. The summed E-state index contributed by atoms with van der Waals surface area (Å²) in [5, 5.41) is 12.9. The van der Waals surface area contributed by atoms with E-state index in [0.29, 0.717) is 41.0 Å². The molecule has 1 N–H and O–H groups in total. The van der Waals surface area contributed by atoms with Gasteiger partial charge in [-0.1, -0.05) is 72.3 Å². The van der Waals surface area contributed by atoms with Gasteiger partial charge in [0, 0.05) is 16.3 Å². The number of hydrogen-bond donors (Lipinski definition) is 1. The summed E-state index contributed by atoms with van der Waals surface area (Å²) in [6, 6.07) is 33.6. The van der Waals surface area contributed by atoms with E-state index in [1.54, 1.807) is 42.5 Å². The number of hydrogen-bond acceptors (Lipinski definition) is 4. The minimum absolute atomic E-state index is 0.0776. The summed E-state index contributed by atoms with van der Waals surface area (Å²) in [5.74, 6) is 0.653. The number of nitriles is 1. The second-order valence-electron chi connectivity index (χ2n) is 7.88. The van der Waals surface area contributed by atoms with Crippen LogP contribution in [0.15, 0.2) is 109 Å². The highest BCUT2D eigenvalue weighted by molar-refractivity contribution is 6.30. The van der Waals surface area contributed by atoms with Crippen molar-refractivity contribution < 1.29 is 14.3 Å². The maximum atomic E-state index is 12.8. The van der Waals surface area contributed by atoms with Crippen LogP contribution in [-0.2, 0) is 18.0 Å². The number of ether oxygens (including phenoxy) is 2. The Morgan fingerprint density at radius 3 is 2.06 bits per heavy atom. The molecule has 0 saturated heterocycles. The van der Waals surface area contributed by atoms with E-state index in [9.17, 15) is 10.1 Å². The van der Waals surface area contributed by atoms with Crippen LogP contribution in [0, 0.1) is 11.3 Å². The molecule has 0 spiro atoms. The first kappa shape index (κ1) is 24.6. The van der Waals surface area contributed by atoms with E-state index < -0.39 is 5.91 Å². The van der Waals surface area contributed by atoms with Gasteiger partial charge < -0.3 is 14.8 Å². The molecule has 36 heavy (non-hydrogen) atoms. The molecule has 0 aromatic heterocycles. The quantitative estimate of drug-likeness (QED) is 0.200. The minimum atomic E-state index is -0.538. The number of rotatable bonds is 9. The van der Waals surface area contributed by atoms with Crippen LogP contribution in [0.1, 0.15) is 16.7 Å². The number of nitrogens with one attached hydrogen (secondary N) is 1. The van der Waals surface area contributed by atoms with E-state index >= 15 is 0 Å². The molecule has 4 aromatic carbocycles. The zero-order valence-electron chi connectivity index (χ0n) is 19.4. The summed E-state index contributed by atoms with van der Waals surface area (Å²) in [6.07, 6.45) is 1.47. The Morgan fingerprint density at radius 2 is 1.44 bits per heavy atom. The first-order valence-electron chi connectivity index (χ1n) is 11.3. The van der Waals surface area contributed by atoms with E-state index in [1.165, 1.54) is 6.08 Å². The molecule has 0 aliphatic rings. The zero-order valence-corrected chi connectivity index (χ0v) is 20.1. The van der Waals surface area contributed by atoms with Crippen LogP contribution in [0.5, 0.6) is 11.5 Å². The van der Waals surface area contributed by atoms with Crippen LogP contribution in [0.25, 0.3) is 6.08 Å². The Labute approximate surface area is 215 Å². The third-order valence-electron chi connectivity index (χ3n) is 5.23. The summed E-state index contributed by atoms with van der Waals surface area (Å²) < 4.78 is 11.7. The predicted molar refractivity (Wildman–Crippen MR) is 142 cm³/mol. The van der Waals surface area contributed by atoms with E-state index in [2.05, 4.69) is 5.32 Å². The molecule has 178 valence electrons. The molecular formula is C30H23ClN2O3. The molecule has 0 atom stereocenters. The fourth-order valence-corrected chi connectivity index (χ4v) is 3.56. The smallest absolute Gasteiger partial charge is 0.266 e. The number of anilines is 1. The predicted octanol–water partition coefficient (Wildman–Crippen LogP) is 7.04. The van der Waals surface area contributed by atoms with Crippen molar-refractivity contribution in [3.63, 3.8) is 0 Å². The lowest BCUT2D eigenvalue weighted by Crippen LogP contribution is -2.13.